The Hall–Kier alpha value is -1.36. The van der Waals surface area contributed by atoms with Gasteiger partial charge in [-0.25, -0.2) is 9.97 Å². The Labute approximate surface area is 103 Å². The zero-order chi connectivity index (χ0) is 12.8. The zero-order valence-electron chi connectivity index (χ0n) is 11.1. The third-order valence-corrected chi connectivity index (χ3v) is 2.61. The van der Waals surface area contributed by atoms with Gasteiger partial charge in [-0.2, -0.15) is 0 Å². The molecule has 0 saturated heterocycles. The average Bonchev–Trinajstić information content (AvgIpc) is 2.25. The third kappa shape index (κ3) is 4.19. The number of ether oxygens (including phenoxy) is 1. The highest BCUT2D eigenvalue weighted by molar-refractivity contribution is 5.38. The predicted octanol–water partition coefficient (Wildman–Crippen LogP) is 1.56. The standard InChI is InChI=1S/C12H22N4O/c1-9(2)16(10(3)4)7-8-17-12-11(13)14-5-6-15-12/h5-6,9-10H,7-8H2,1-4H3,(H2,13,14). The molecular weight excluding hydrogens is 216 g/mol. The first-order valence-corrected chi connectivity index (χ1v) is 5.97. The second-order valence-electron chi connectivity index (χ2n) is 4.52. The van der Waals surface area contributed by atoms with Gasteiger partial charge in [0.15, 0.2) is 5.82 Å². The van der Waals surface area contributed by atoms with Crippen molar-refractivity contribution in [3.63, 3.8) is 0 Å². The number of hydrogen-bond acceptors (Lipinski definition) is 5. The fourth-order valence-corrected chi connectivity index (χ4v) is 1.81. The van der Waals surface area contributed by atoms with Gasteiger partial charge in [0, 0.05) is 31.0 Å². The normalized spacial score (nSPS) is 11.5. The molecule has 0 aliphatic carbocycles. The maximum absolute atomic E-state index is 5.64. The number of rotatable bonds is 6. The van der Waals surface area contributed by atoms with Crippen LogP contribution in [0.5, 0.6) is 5.88 Å². The molecule has 96 valence electrons. The molecule has 0 aliphatic heterocycles. The lowest BCUT2D eigenvalue weighted by atomic mass is 10.2. The Bertz CT molecular complexity index is 333. The van der Waals surface area contributed by atoms with Crippen LogP contribution >= 0.6 is 0 Å². The molecule has 1 aromatic rings. The quantitative estimate of drug-likeness (QED) is 0.814. The maximum Gasteiger partial charge on any atom is 0.257 e. The van der Waals surface area contributed by atoms with E-state index in [0.29, 0.717) is 30.4 Å². The smallest absolute Gasteiger partial charge is 0.257 e. The van der Waals surface area contributed by atoms with Crippen molar-refractivity contribution in [2.75, 3.05) is 18.9 Å². The Morgan fingerprint density at radius 1 is 1.18 bits per heavy atom. The van der Waals surface area contributed by atoms with Crippen molar-refractivity contribution in [2.45, 2.75) is 39.8 Å². The fourth-order valence-electron chi connectivity index (χ4n) is 1.81. The third-order valence-electron chi connectivity index (χ3n) is 2.61. The molecule has 0 aromatic carbocycles. The van der Waals surface area contributed by atoms with Crippen molar-refractivity contribution in [2.24, 2.45) is 0 Å². The Balaban J connectivity index is 2.44. The minimum absolute atomic E-state index is 0.341. The first-order chi connectivity index (χ1) is 8.02. The van der Waals surface area contributed by atoms with E-state index in [1.165, 1.54) is 0 Å². The molecular formula is C12H22N4O. The number of anilines is 1. The fraction of sp³-hybridized carbons (Fsp3) is 0.667. The lowest BCUT2D eigenvalue weighted by Crippen LogP contribution is -2.39. The van der Waals surface area contributed by atoms with Gasteiger partial charge in [-0.3, -0.25) is 4.90 Å². The van der Waals surface area contributed by atoms with Crippen molar-refractivity contribution < 1.29 is 4.74 Å². The maximum atomic E-state index is 5.64. The van der Waals surface area contributed by atoms with Crippen LogP contribution in [0.3, 0.4) is 0 Å². The van der Waals surface area contributed by atoms with Crippen LogP contribution in [-0.4, -0.2) is 40.1 Å². The van der Waals surface area contributed by atoms with Gasteiger partial charge >= 0.3 is 0 Å². The van der Waals surface area contributed by atoms with Crippen LogP contribution in [0.1, 0.15) is 27.7 Å². The van der Waals surface area contributed by atoms with Crippen molar-refractivity contribution >= 4 is 5.82 Å². The SMILES string of the molecule is CC(C)N(CCOc1nccnc1N)C(C)C. The van der Waals surface area contributed by atoms with Gasteiger partial charge in [-0.1, -0.05) is 0 Å². The highest BCUT2D eigenvalue weighted by Crippen LogP contribution is 2.13. The average molecular weight is 238 g/mol. The van der Waals surface area contributed by atoms with Crippen LogP contribution in [0.2, 0.25) is 0 Å². The van der Waals surface area contributed by atoms with E-state index in [2.05, 4.69) is 42.6 Å². The van der Waals surface area contributed by atoms with E-state index in [-0.39, 0.29) is 0 Å². The number of aromatic nitrogens is 2. The van der Waals surface area contributed by atoms with E-state index in [0.717, 1.165) is 6.54 Å². The molecule has 17 heavy (non-hydrogen) atoms. The van der Waals surface area contributed by atoms with Gasteiger partial charge in [0.2, 0.25) is 0 Å². The van der Waals surface area contributed by atoms with Gasteiger partial charge in [-0.15, -0.1) is 0 Å². The summed E-state index contributed by atoms with van der Waals surface area (Å²) in [4.78, 5) is 10.3. The lowest BCUT2D eigenvalue weighted by Gasteiger charge is -2.30. The monoisotopic (exact) mass is 238 g/mol. The molecule has 0 unspecified atom stereocenters. The Morgan fingerprint density at radius 2 is 1.76 bits per heavy atom. The molecule has 0 saturated carbocycles. The Kier molecular flexibility index (Phi) is 5.15. The second-order valence-corrected chi connectivity index (χ2v) is 4.52. The molecule has 1 rings (SSSR count). The largest absolute Gasteiger partial charge is 0.474 e. The first kappa shape index (κ1) is 13.7. The van der Waals surface area contributed by atoms with Crippen LogP contribution in [0, 0.1) is 0 Å². The van der Waals surface area contributed by atoms with E-state index in [9.17, 15) is 0 Å². The zero-order valence-corrected chi connectivity index (χ0v) is 11.1. The van der Waals surface area contributed by atoms with Crippen LogP contribution in [-0.2, 0) is 0 Å². The van der Waals surface area contributed by atoms with Crippen LogP contribution in [0.4, 0.5) is 5.82 Å². The van der Waals surface area contributed by atoms with Crippen molar-refractivity contribution in [3.8, 4) is 5.88 Å². The van der Waals surface area contributed by atoms with Gasteiger partial charge in [0.25, 0.3) is 5.88 Å². The molecule has 1 aromatic heterocycles. The number of nitrogens with zero attached hydrogens (tertiary/aromatic N) is 3. The molecule has 0 atom stereocenters. The van der Waals surface area contributed by atoms with Crippen LogP contribution in [0.15, 0.2) is 12.4 Å². The molecule has 0 bridgehead atoms. The highest BCUT2D eigenvalue weighted by atomic mass is 16.5. The number of hydrogen-bond donors (Lipinski definition) is 1. The minimum Gasteiger partial charge on any atom is -0.474 e. The number of nitrogen functional groups attached to an aromatic ring is 1. The first-order valence-electron chi connectivity index (χ1n) is 5.97. The summed E-state index contributed by atoms with van der Waals surface area (Å²) < 4.78 is 5.53. The van der Waals surface area contributed by atoms with Gasteiger partial charge < -0.3 is 10.5 Å². The molecule has 0 radical (unpaired) electrons. The number of nitrogens with two attached hydrogens (primary N) is 1. The summed E-state index contributed by atoms with van der Waals surface area (Å²) in [7, 11) is 0. The van der Waals surface area contributed by atoms with Gasteiger partial charge in [-0.05, 0) is 27.7 Å². The molecule has 2 N–H and O–H groups in total. The van der Waals surface area contributed by atoms with E-state index < -0.39 is 0 Å². The van der Waals surface area contributed by atoms with Gasteiger partial charge in [0.05, 0.1) is 0 Å². The Morgan fingerprint density at radius 3 is 2.29 bits per heavy atom. The topological polar surface area (TPSA) is 64.3 Å². The summed E-state index contributed by atoms with van der Waals surface area (Å²) in [5.41, 5.74) is 5.64. The predicted molar refractivity (Wildman–Crippen MR) is 68.9 cm³/mol. The van der Waals surface area contributed by atoms with E-state index in [4.69, 9.17) is 10.5 Å². The van der Waals surface area contributed by atoms with E-state index in [1.807, 2.05) is 0 Å². The molecule has 5 heteroatoms. The molecule has 0 spiro atoms. The lowest BCUT2D eigenvalue weighted by molar-refractivity contribution is 0.140. The summed E-state index contributed by atoms with van der Waals surface area (Å²) >= 11 is 0. The van der Waals surface area contributed by atoms with Crippen molar-refractivity contribution in [1.82, 2.24) is 14.9 Å². The minimum atomic E-state index is 0.341. The second kappa shape index (κ2) is 6.39. The van der Waals surface area contributed by atoms with Crippen molar-refractivity contribution in [3.05, 3.63) is 12.4 Å². The highest BCUT2D eigenvalue weighted by Gasteiger charge is 2.13. The summed E-state index contributed by atoms with van der Waals surface area (Å²) in [6, 6.07) is 0.996. The summed E-state index contributed by atoms with van der Waals surface area (Å²) in [5.74, 6) is 0.758. The summed E-state index contributed by atoms with van der Waals surface area (Å²) in [6.45, 7) is 10.1. The van der Waals surface area contributed by atoms with E-state index >= 15 is 0 Å². The van der Waals surface area contributed by atoms with Gasteiger partial charge in [0.1, 0.15) is 6.61 Å². The molecule has 0 aliphatic rings. The van der Waals surface area contributed by atoms with Crippen LogP contribution in [0.25, 0.3) is 0 Å². The summed E-state index contributed by atoms with van der Waals surface area (Å²) in [6.07, 6.45) is 3.13. The molecule has 0 amide bonds. The summed E-state index contributed by atoms with van der Waals surface area (Å²) in [5, 5.41) is 0. The van der Waals surface area contributed by atoms with Crippen LogP contribution < -0.4 is 10.5 Å². The molecule has 1 heterocycles. The molecule has 5 nitrogen and oxygen atoms in total. The van der Waals surface area contributed by atoms with E-state index in [1.54, 1.807) is 12.4 Å². The van der Waals surface area contributed by atoms with Crippen molar-refractivity contribution in [1.29, 1.82) is 0 Å². The molecule has 0 fully saturated rings.